The smallest absolute Gasteiger partial charge is 0.492 e. The van der Waals surface area contributed by atoms with Gasteiger partial charge in [-0.15, -0.1) is 0 Å². The van der Waals surface area contributed by atoms with Gasteiger partial charge in [0.05, 0.1) is 67.8 Å². The van der Waals surface area contributed by atoms with E-state index in [1.54, 1.807) is 31.6 Å². The Hall–Kier alpha value is -5.65. The predicted octanol–water partition coefficient (Wildman–Crippen LogP) is 11.8. The van der Waals surface area contributed by atoms with Crippen molar-refractivity contribution in [1.29, 1.82) is 0 Å². The topological polar surface area (TPSA) is 193 Å². The average Bonchev–Trinajstić information content (AvgIpc) is 3.71. The van der Waals surface area contributed by atoms with E-state index in [0.29, 0.717) is 89.9 Å². The number of nitrogens with two attached hydrogens (primary N) is 2. The van der Waals surface area contributed by atoms with Crippen LogP contribution in [0, 0.1) is 11.9 Å². The minimum absolute atomic E-state index is 0.0627. The first-order chi connectivity index (χ1) is 37.5. The van der Waals surface area contributed by atoms with E-state index in [1.807, 2.05) is 48.5 Å². The van der Waals surface area contributed by atoms with Gasteiger partial charge in [0.2, 0.25) is 0 Å². The maximum absolute atomic E-state index is 15.6. The number of halogens is 4. The van der Waals surface area contributed by atoms with Crippen LogP contribution < -0.4 is 25.7 Å². The Morgan fingerprint density at radius 1 is 0.769 bits per heavy atom. The van der Waals surface area contributed by atoms with Crippen LogP contribution in [0.15, 0.2) is 105 Å². The minimum Gasteiger partial charge on any atom is -0.495 e. The van der Waals surface area contributed by atoms with Gasteiger partial charge in [0.25, 0.3) is 11.9 Å². The molecule has 7 aliphatic rings. The van der Waals surface area contributed by atoms with Crippen molar-refractivity contribution in [2.45, 2.75) is 82.1 Å². The van der Waals surface area contributed by atoms with Gasteiger partial charge in [-0.1, -0.05) is 69.3 Å². The van der Waals surface area contributed by atoms with Crippen molar-refractivity contribution in [1.82, 2.24) is 19.9 Å². The molecule has 78 heavy (non-hydrogen) atoms. The second kappa shape index (κ2) is 21.8. The van der Waals surface area contributed by atoms with Gasteiger partial charge in [0.15, 0.2) is 21.8 Å². The number of hydrogen-bond acceptors (Lipinski definition) is 17. The highest BCUT2D eigenvalue weighted by Crippen LogP contribution is 2.56. The fraction of sp³-hybridized carbons (Fsp3) is 0.357. The molecule has 2 aromatic carbocycles. The lowest BCUT2D eigenvalue weighted by Gasteiger charge is -2.39. The molecule has 0 bridgehead atoms. The molecule has 1 saturated heterocycles. The lowest BCUT2D eigenvalue weighted by atomic mass is 9.77. The standard InChI is InChI=1S/C30H26FN5O3S.C15H10BrClFN3OS.C11H19BO3/c1-37-20-14-19-4-8-33-24(26(19)34-16-20)13-17-2-3-25-21(12-17)30(7-11-40-29(32)36-30)22-15-23(18-5-9-38-10-6-18)35-28(31)27(22)39-25;16-7-1-2-10-8(5-7)15(3-4-23-14(19)21-15)9-6-11(17)20-13(18)12(9)22-10;1-10(2)11(3,4)15-12(14-10)9-6-5-7-13-8-9/h2-5,8,12,14-16H,6-7,9-11,13H2,1H3,(H2,32,36);1-2,5-6H,3-4H2,(H2,19,21);6H,5,7-8H2,1-4H3/t30-;15-;/m00./s1. The van der Waals surface area contributed by atoms with Crippen LogP contribution in [0.4, 0.5) is 8.78 Å². The Kier molecular flexibility index (Phi) is 15.2. The average molecular weight is 1180 g/mol. The van der Waals surface area contributed by atoms with Gasteiger partial charge >= 0.3 is 7.12 Å². The monoisotopic (exact) mass is 1180 g/mol. The van der Waals surface area contributed by atoms with E-state index in [-0.39, 0.29) is 35.0 Å². The summed E-state index contributed by atoms with van der Waals surface area (Å²) < 4.78 is 70.8. The lowest BCUT2D eigenvalue weighted by Crippen LogP contribution is -2.41. The fourth-order valence-corrected chi connectivity index (χ4v) is 12.6. The van der Waals surface area contributed by atoms with Crippen LogP contribution in [0.25, 0.3) is 16.5 Å². The zero-order valence-electron chi connectivity index (χ0n) is 43.5. The van der Waals surface area contributed by atoms with Crippen molar-refractivity contribution in [3.63, 3.8) is 0 Å². The SMILES string of the molecule is CC1(C)OB(C2=CCCOC2)OC1(C)C.COc1cnc2c(Cc3ccc4c(c3)[C@@]3(CCSC(N)=N3)c3cc(C5=CCOCC5)nc(F)c3O4)nccc2c1.NC1=N[C@@]2(CCS1)c1cc(Br)ccc1Oc1c2cc(Cl)nc1F. The van der Waals surface area contributed by atoms with Crippen molar-refractivity contribution < 1.29 is 41.8 Å². The van der Waals surface area contributed by atoms with Gasteiger partial charge in [-0.05, 0) is 125 Å². The molecule has 6 aromatic rings. The van der Waals surface area contributed by atoms with Gasteiger partial charge in [-0.2, -0.15) is 8.78 Å². The van der Waals surface area contributed by atoms with Gasteiger partial charge in [-0.25, -0.2) is 20.0 Å². The molecule has 2 atom stereocenters. The number of thioether (sulfide) groups is 2. The third-order valence-corrected chi connectivity index (χ3v) is 17.4. The van der Waals surface area contributed by atoms with Crippen LogP contribution in [0.5, 0.6) is 28.7 Å². The Labute approximate surface area is 472 Å². The molecule has 7 aliphatic heterocycles. The first-order valence-corrected chi connectivity index (χ1v) is 28.6. The highest BCUT2D eigenvalue weighted by Gasteiger charge is 2.53. The second-order valence-corrected chi connectivity index (χ2v) is 24.0. The molecule has 404 valence electrons. The zero-order chi connectivity index (χ0) is 54.6. The molecule has 15 nitrogen and oxygen atoms in total. The molecule has 2 spiro atoms. The van der Waals surface area contributed by atoms with Crippen LogP contribution in [0.1, 0.15) is 92.6 Å². The Balaban J connectivity index is 0.000000142. The van der Waals surface area contributed by atoms with E-state index in [2.05, 4.69) is 80.7 Å². The number of amidine groups is 2. The second-order valence-electron chi connectivity index (χ2n) is 20.4. The summed E-state index contributed by atoms with van der Waals surface area (Å²) in [6, 6.07) is 18.9. The predicted molar refractivity (Wildman–Crippen MR) is 305 cm³/mol. The number of nitrogens with zero attached hydrogens (tertiary/aromatic N) is 6. The largest absolute Gasteiger partial charge is 0.495 e. The first-order valence-electron chi connectivity index (χ1n) is 25.5. The summed E-state index contributed by atoms with van der Waals surface area (Å²) in [7, 11) is 1.40. The first kappa shape index (κ1) is 54.3. The Morgan fingerprint density at radius 3 is 2.08 bits per heavy atom. The molecule has 0 radical (unpaired) electrons. The van der Waals surface area contributed by atoms with E-state index in [9.17, 15) is 4.39 Å². The van der Waals surface area contributed by atoms with Gasteiger partial charge in [0, 0.05) is 56.2 Å². The molecule has 11 heterocycles. The van der Waals surface area contributed by atoms with E-state index in [1.165, 1.54) is 23.5 Å². The van der Waals surface area contributed by atoms with E-state index >= 15 is 4.39 Å². The fourth-order valence-electron chi connectivity index (χ4n) is 10.4. The summed E-state index contributed by atoms with van der Waals surface area (Å²) in [5.74, 6) is 2.07. The maximum atomic E-state index is 15.6. The molecule has 0 amide bonds. The van der Waals surface area contributed by atoms with Crippen molar-refractivity contribution >= 4 is 85.0 Å². The van der Waals surface area contributed by atoms with Crippen LogP contribution in [0.3, 0.4) is 0 Å². The summed E-state index contributed by atoms with van der Waals surface area (Å²) in [6.07, 6.45) is 11.1. The zero-order valence-corrected chi connectivity index (χ0v) is 47.4. The summed E-state index contributed by atoms with van der Waals surface area (Å²) in [5, 5.41) is 1.95. The molecule has 4 aromatic heterocycles. The van der Waals surface area contributed by atoms with E-state index < -0.39 is 23.0 Å². The summed E-state index contributed by atoms with van der Waals surface area (Å²) in [6.45, 7) is 10.8. The van der Waals surface area contributed by atoms with Crippen LogP contribution in [0.2, 0.25) is 5.15 Å². The summed E-state index contributed by atoms with van der Waals surface area (Å²) in [5.41, 5.74) is 18.3. The van der Waals surface area contributed by atoms with Gasteiger partial charge in [-0.3, -0.25) is 9.97 Å². The van der Waals surface area contributed by atoms with E-state index in [0.717, 1.165) is 73.3 Å². The van der Waals surface area contributed by atoms with Gasteiger partial charge < -0.3 is 44.5 Å². The normalized spacial score (nSPS) is 22.3. The van der Waals surface area contributed by atoms with Gasteiger partial charge in [0.1, 0.15) is 33.5 Å². The number of aromatic nitrogens is 4. The molecule has 4 N–H and O–H groups in total. The van der Waals surface area contributed by atoms with Crippen molar-refractivity contribution in [3.8, 4) is 28.7 Å². The number of benzene rings is 2. The molecule has 0 unspecified atom stereocenters. The third kappa shape index (κ3) is 10.4. The van der Waals surface area contributed by atoms with Crippen molar-refractivity contribution in [3.05, 3.63) is 151 Å². The summed E-state index contributed by atoms with van der Waals surface area (Å²) in [4.78, 5) is 26.8. The summed E-state index contributed by atoms with van der Waals surface area (Å²) >= 11 is 12.4. The number of ether oxygens (including phenoxy) is 5. The number of hydrogen-bond donors (Lipinski definition) is 2. The third-order valence-electron chi connectivity index (χ3n) is 15.1. The Morgan fingerprint density at radius 2 is 1.44 bits per heavy atom. The molecule has 22 heteroatoms. The molecule has 1 fully saturated rings. The molecule has 0 saturated carbocycles. The molecule has 0 aliphatic carbocycles. The highest BCUT2D eigenvalue weighted by atomic mass is 79.9. The lowest BCUT2D eigenvalue weighted by molar-refractivity contribution is 0.00578. The van der Waals surface area contributed by atoms with Crippen LogP contribution in [-0.2, 0) is 36.3 Å². The number of rotatable bonds is 5. The number of pyridine rings is 4. The number of aliphatic imine (C=N–C) groups is 2. The molecule has 13 rings (SSSR count). The number of fused-ring (bicyclic) bond motifs is 9. The van der Waals surface area contributed by atoms with Crippen molar-refractivity contribution in [2.75, 3.05) is 45.0 Å². The molecular weight excluding hydrogens is 1120 g/mol. The van der Waals surface area contributed by atoms with Crippen LogP contribution in [-0.4, -0.2) is 93.6 Å². The van der Waals surface area contributed by atoms with E-state index in [4.69, 9.17) is 61.1 Å². The highest BCUT2D eigenvalue weighted by molar-refractivity contribution is 9.10. The maximum Gasteiger partial charge on any atom is 0.492 e. The minimum atomic E-state index is -0.893. The molecular formula is C56H55BBrClF2N8O7S2. The number of methoxy groups -OCH3 is 1. The Bertz CT molecular complexity index is 3490. The van der Waals surface area contributed by atoms with Crippen molar-refractivity contribution in [2.24, 2.45) is 21.5 Å². The van der Waals surface area contributed by atoms with Crippen LogP contribution >= 0.6 is 51.1 Å². The quantitative estimate of drug-likeness (QED) is 0.122.